The van der Waals surface area contributed by atoms with Crippen molar-refractivity contribution in [2.45, 2.75) is 38.9 Å². The third-order valence-corrected chi connectivity index (χ3v) is 5.70. The van der Waals surface area contributed by atoms with E-state index in [1.807, 2.05) is 17.1 Å². The molecule has 0 aromatic rings. The molecule has 3 fully saturated rings. The van der Waals surface area contributed by atoms with Crippen LogP contribution in [0, 0.1) is 17.3 Å². The van der Waals surface area contributed by atoms with Gasteiger partial charge in [0, 0.05) is 19.6 Å². The molecule has 4 rings (SSSR count). The van der Waals surface area contributed by atoms with Crippen molar-refractivity contribution in [3.8, 4) is 0 Å². The van der Waals surface area contributed by atoms with Gasteiger partial charge in [-0.25, -0.2) is 0 Å². The summed E-state index contributed by atoms with van der Waals surface area (Å²) in [5.41, 5.74) is -0.698. The zero-order valence-electron chi connectivity index (χ0n) is 15.7. The van der Waals surface area contributed by atoms with E-state index in [-0.39, 0.29) is 35.8 Å². The summed E-state index contributed by atoms with van der Waals surface area (Å²) >= 11 is 0. The van der Waals surface area contributed by atoms with Crippen LogP contribution in [0.4, 0.5) is 0 Å². The van der Waals surface area contributed by atoms with Crippen LogP contribution in [-0.2, 0) is 19.1 Å². The highest BCUT2D eigenvalue weighted by molar-refractivity contribution is 5.94. The third-order valence-electron chi connectivity index (χ3n) is 5.70. The lowest BCUT2D eigenvalue weighted by atomic mass is 9.76. The van der Waals surface area contributed by atoms with Crippen molar-refractivity contribution in [1.29, 1.82) is 0 Å². The number of ether oxygens (including phenoxy) is 1. The number of fused-ring (bicyclic) bond motifs is 1. The van der Waals surface area contributed by atoms with Crippen molar-refractivity contribution in [2.24, 2.45) is 17.3 Å². The monoisotopic (exact) mass is 361 g/mol. The first-order valence-electron chi connectivity index (χ1n) is 9.42. The molecule has 4 atom stereocenters. The van der Waals surface area contributed by atoms with Gasteiger partial charge in [-0.2, -0.15) is 0 Å². The van der Waals surface area contributed by atoms with Crippen LogP contribution in [0.5, 0.6) is 0 Å². The molecular formula is C19H27N3O4. The maximum absolute atomic E-state index is 13.2. The molecule has 4 aliphatic heterocycles. The van der Waals surface area contributed by atoms with Crippen LogP contribution in [0.25, 0.3) is 0 Å². The quantitative estimate of drug-likeness (QED) is 0.711. The van der Waals surface area contributed by atoms with Gasteiger partial charge in [-0.3, -0.25) is 14.4 Å². The Kier molecular flexibility index (Phi) is 3.91. The van der Waals surface area contributed by atoms with Crippen molar-refractivity contribution in [2.75, 3.05) is 32.7 Å². The molecule has 142 valence electrons. The summed E-state index contributed by atoms with van der Waals surface area (Å²) in [6, 6.07) is 0. The van der Waals surface area contributed by atoms with E-state index in [4.69, 9.17) is 4.74 Å². The van der Waals surface area contributed by atoms with Crippen LogP contribution < -0.4 is 5.32 Å². The highest BCUT2D eigenvalue weighted by atomic mass is 16.5. The second-order valence-electron chi connectivity index (χ2n) is 9.12. The van der Waals surface area contributed by atoms with Gasteiger partial charge in [-0.15, -0.1) is 0 Å². The zero-order chi connectivity index (χ0) is 18.7. The Morgan fingerprint density at radius 1 is 1.38 bits per heavy atom. The SMILES string of the molecule is CC(C)(C)CN1C[C@]23C=C[C@H](O2)[C@H](C(=O)N2CCCNC(=O)C2)[C@@H]3C1=O. The fourth-order valence-electron chi connectivity index (χ4n) is 4.77. The first-order valence-corrected chi connectivity index (χ1v) is 9.42. The highest BCUT2D eigenvalue weighted by Crippen LogP contribution is 2.52. The Morgan fingerprint density at radius 3 is 2.88 bits per heavy atom. The Morgan fingerprint density at radius 2 is 2.15 bits per heavy atom. The standard InChI is InChI=1S/C19H27N3O4/c1-18(2,3)10-22-11-19-6-5-12(26-19)14(15(19)17(22)25)16(24)21-8-4-7-20-13(23)9-21/h5-6,12,14-15H,4,7-11H2,1-3H3,(H,20,23)/t12-,14-,15+,19-/m0/s1. The minimum absolute atomic E-state index is 0.00407. The maximum atomic E-state index is 13.2. The molecule has 4 aliphatic rings. The molecule has 0 radical (unpaired) electrons. The smallest absolute Gasteiger partial charge is 0.239 e. The maximum Gasteiger partial charge on any atom is 0.239 e. The van der Waals surface area contributed by atoms with Gasteiger partial charge in [0.25, 0.3) is 0 Å². The van der Waals surface area contributed by atoms with Crippen LogP contribution in [-0.4, -0.2) is 72.0 Å². The number of hydrogen-bond donors (Lipinski definition) is 1. The first kappa shape index (κ1) is 17.5. The van der Waals surface area contributed by atoms with E-state index < -0.39 is 17.4 Å². The lowest BCUT2D eigenvalue weighted by Crippen LogP contribution is -2.48. The fraction of sp³-hybridized carbons (Fsp3) is 0.737. The van der Waals surface area contributed by atoms with Crippen LogP contribution >= 0.6 is 0 Å². The van der Waals surface area contributed by atoms with Crippen molar-refractivity contribution in [1.82, 2.24) is 15.1 Å². The summed E-state index contributed by atoms with van der Waals surface area (Å²) < 4.78 is 6.16. The average molecular weight is 361 g/mol. The zero-order valence-corrected chi connectivity index (χ0v) is 15.7. The van der Waals surface area contributed by atoms with Gasteiger partial charge in [0.1, 0.15) is 5.60 Å². The van der Waals surface area contributed by atoms with E-state index in [1.165, 1.54) is 0 Å². The molecule has 7 nitrogen and oxygen atoms in total. The predicted octanol–water partition coefficient (Wildman–Crippen LogP) is 0.163. The van der Waals surface area contributed by atoms with E-state index >= 15 is 0 Å². The van der Waals surface area contributed by atoms with Crippen molar-refractivity contribution >= 4 is 17.7 Å². The second kappa shape index (κ2) is 5.81. The molecule has 3 amide bonds. The van der Waals surface area contributed by atoms with E-state index in [1.54, 1.807) is 4.90 Å². The van der Waals surface area contributed by atoms with Crippen LogP contribution in [0.1, 0.15) is 27.2 Å². The Balaban J connectivity index is 1.58. The van der Waals surface area contributed by atoms with Crippen molar-refractivity contribution < 1.29 is 19.1 Å². The molecule has 2 bridgehead atoms. The molecule has 0 saturated carbocycles. The lowest BCUT2D eigenvalue weighted by molar-refractivity contribution is -0.144. The molecule has 0 aromatic heterocycles. The topological polar surface area (TPSA) is 79.0 Å². The van der Waals surface area contributed by atoms with Crippen molar-refractivity contribution in [3.05, 3.63) is 12.2 Å². The van der Waals surface area contributed by atoms with Gasteiger partial charge in [0.15, 0.2) is 0 Å². The van der Waals surface area contributed by atoms with Crippen LogP contribution in [0.3, 0.4) is 0 Å². The number of amides is 3. The normalized spacial score (nSPS) is 36.3. The van der Waals surface area contributed by atoms with Gasteiger partial charge in [-0.05, 0) is 11.8 Å². The van der Waals surface area contributed by atoms with E-state index in [9.17, 15) is 14.4 Å². The number of carbonyl (C=O) groups is 3. The van der Waals surface area contributed by atoms with E-state index in [0.29, 0.717) is 26.2 Å². The fourth-order valence-corrected chi connectivity index (χ4v) is 4.77. The summed E-state index contributed by atoms with van der Waals surface area (Å²) in [5, 5.41) is 2.79. The van der Waals surface area contributed by atoms with E-state index in [2.05, 4.69) is 26.1 Å². The molecule has 1 N–H and O–H groups in total. The lowest BCUT2D eigenvalue weighted by Gasteiger charge is -2.30. The van der Waals surface area contributed by atoms with E-state index in [0.717, 1.165) is 6.42 Å². The number of likely N-dealkylation sites (tertiary alicyclic amines) is 1. The first-order chi connectivity index (χ1) is 12.2. The van der Waals surface area contributed by atoms with Gasteiger partial charge in [0.05, 0.1) is 31.0 Å². The summed E-state index contributed by atoms with van der Waals surface area (Å²) in [4.78, 5) is 41.6. The Hall–Kier alpha value is -1.89. The summed E-state index contributed by atoms with van der Waals surface area (Å²) in [6.07, 6.45) is 4.26. The molecule has 3 saturated heterocycles. The van der Waals surface area contributed by atoms with Crippen molar-refractivity contribution in [3.63, 3.8) is 0 Å². The summed E-state index contributed by atoms with van der Waals surface area (Å²) in [6.45, 7) is 8.61. The second-order valence-corrected chi connectivity index (χ2v) is 9.12. The van der Waals surface area contributed by atoms with Gasteiger partial charge >= 0.3 is 0 Å². The number of carbonyl (C=O) groups excluding carboxylic acids is 3. The largest absolute Gasteiger partial charge is 0.360 e. The molecule has 7 heteroatoms. The van der Waals surface area contributed by atoms with Crippen LogP contribution in [0.15, 0.2) is 12.2 Å². The molecule has 0 unspecified atom stereocenters. The minimum atomic E-state index is -0.679. The number of rotatable bonds is 2. The van der Waals surface area contributed by atoms with Gasteiger partial charge < -0.3 is 19.9 Å². The summed E-state index contributed by atoms with van der Waals surface area (Å²) in [7, 11) is 0. The predicted molar refractivity (Wildman–Crippen MR) is 94.0 cm³/mol. The Labute approximate surface area is 153 Å². The molecule has 0 aromatic carbocycles. The number of hydrogen-bond acceptors (Lipinski definition) is 4. The molecule has 0 aliphatic carbocycles. The number of nitrogens with one attached hydrogen (secondary N) is 1. The van der Waals surface area contributed by atoms with Gasteiger partial charge in [-0.1, -0.05) is 32.9 Å². The molecule has 26 heavy (non-hydrogen) atoms. The molecular weight excluding hydrogens is 334 g/mol. The number of nitrogens with zero attached hydrogens (tertiary/aromatic N) is 2. The van der Waals surface area contributed by atoms with Gasteiger partial charge in [0.2, 0.25) is 17.7 Å². The summed E-state index contributed by atoms with van der Waals surface area (Å²) in [5.74, 6) is -1.27. The van der Waals surface area contributed by atoms with Crippen LogP contribution in [0.2, 0.25) is 0 Å². The third kappa shape index (κ3) is 2.73. The average Bonchev–Trinajstić information content (AvgIpc) is 3.10. The molecule has 1 spiro atoms. The minimum Gasteiger partial charge on any atom is -0.360 e. The Bertz CT molecular complexity index is 683. The molecule has 4 heterocycles. The highest BCUT2D eigenvalue weighted by Gasteiger charge is 2.67.